The maximum atomic E-state index is 9.78. The van der Waals surface area contributed by atoms with E-state index in [9.17, 15) is 15.8 Å². The van der Waals surface area contributed by atoms with Crippen molar-refractivity contribution in [3.63, 3.8) is 0 Å². The Kier molecular flexibility index (Phi) is 3.82. The third-order valence-corrected chi connectivity index (χ3v) is 5.83. The highest BCUT2D eigenvalue weighted by Crippen LogP contribution is 2.55. The van der Waals surface area contributed by atoms with Gasteiger partial charge in [0.15, 0.2) is 5.41 Å². The van der Waals surface area contributed by atoms with Crippen molar-refractivity contribution < 1.29 is 0 Å². The van der Waals surface area contributed by atoms with E-state index < -0.39 is 11.3 Å². The molecule has 0 saturated carbocycles. The van der Waals surface area contributed by atoms with Crippen molar-refractivity contribution in [2.24, 2.45) is 11.1 Å². The largest absolute Gasteiger partial charge is 0.399 e. The summed E-state index contributed by atoms with van der Waals surface area (Å²) in [6.07, 6.45) is 1.96. The molecule has 1 aliphatic carbocycles. The van der Waals surface area contributed by atoms with Crippen molar-refractivity contribution in [2.45, 2.75) is 11.2 Å². The van der Waals surface area contributed by atoms with Crippen LogP contribution in [0.15, 0.2) is 47.2 Å². The molecule has 0 saturated heterocycles. The fourth-order valence-corrected chi connectivity index (χ4v) is 4.78. The summed E-state index contributed by atoms with van der Waals surface area (Å²) in [6.45, 7) is 0. The number of nitriles is 3. The summed E-state index contributed by atoms with van der Waals surface area (Å²) in [5.74, 6) is 0.292. The van der Waals surface area contributed by atoms with Gasteiger partial charge >= 0.3 is 0 Å². The molecule has 1 aromatic rings. The van der Waals surface area contributed by atoms with E-state index in [0.717, 1.165) is 16.9 Å². The summed E-state index contributed by atoms with van der Waals surface area (Å²) in [6, 6.07) is 13.4. The number of halogens is 1. The second-order valence-corrected chi connectivity index (χ2v) is 6.99. The Morgan fingerprint density at radius 1 is 1.17 bits per heavy atom. The van der Waals surface area contributed by atoms with Gasteiger partial charge in [-0.3, -0.25) is 0 Å². The van der Waals surface area contributed by atoms with Crippen LogP contribution < -0.4 is 5.73 Å². The molecule has 0 bridgehead atoms. The van der Waals surface area contributed by atoms with E-state index in [1.807, 2.05) is 18.2 Å². The molecular formula is C17H11ClN4S. The monoisotopic (exact) mass is 338 g/mol. The Labute approximate surface area is 143 Å². The minimum absolute atomic E-state index is 0.0509. The van der Waals surface area contributed by atoms with E-state index in [-0.39, 0.29) is 16.5 Å². The molecule has 0 fully saturated rings. The lowest BCUT2D eigenvalue weighted by atomic mass is 9.63. The topological polar surface area (TPSA) is 97.4 Å². The third kappa shape index (κ3) is 2.12. The second kappa shape index (κ2) is 5.67. The molecule has 2 atom stereocenters. The number of allylic oxidation sites excluding steroid dienone is 2. The normalized spacial score (nSPS) is 24.9. The zero-order chi connectivity index (χ0) is 16.6. The highest BCUT2D eigenvalue weighted by atomic mass is 35.5. The number of thioether (sulfide) groups is 1. The lowest BCUT2D eigenvalue weighted by molar-refractivity contribution is 0.457. The summed E-state index contributed by atoms with van der Waals surface area (Å²) in [7, 11) is 0. The van der Waals surface area contributed by atoms with Crippen molar-refractivity contribution in [3.05, 3.63) is 57.8 Å². The van der Waals surface area contributed by atoms with Gasteiger partial charge in [0, 0.05) is 21.9 Å². The highest BCUT2D eigenvalue weighted by molar-refractivity contribution is 8.00. The molecule has 23 heavy (non-hydrogen) atoms. The molecule has 6 heteroatoms. The van der Waals surface area contributed by atoms with Gasteiger partial charge in [0.05, 0.1) is 23.4 Å². The molecule has 1 heterocycles. The van der Waals surface area contributed by atoms with Crippen molar-refractivity contribution >= 4 is 23.4 Å². The number of hydrogen-bond acceptors (Lipinski definition) is 5. The summed E-state index contributed by atoms with van der Waals surface area (Å²) >= 11 is 7.57. The van der Waals surface area contributed by atoms with Crippen molar-refractivity contribution in [3.8, 4) is 18.2 Å². The SMILES string of the molecule is N#CC1=C(N)C(C#N)(C#N)C(c2ccc(Cl)cc2)C2SCC=C12. The Hall–Kier alpha value is -2.39. The first-order valence-electron chi connectivity index (χ1n) is 6.89. The first-order chi connectivity index (χ1) is 11.1. The first kappa shape index (κ1) is 15.5. The molecule has 2 N–H and O–H groups in total. The number of benzene rings is 1. The summed E-state index contributed by atoms with van der Waals surface area (Å²) in [4.78, 5) is 0. The van der Waals surface area contributed by atoms with Crippen molar-refractivity contribution in [2.75, 3.05) is 5.75 Å². The Morgan fingerprint density at radius 3 is 2.39 bits per heavy atom. The van der Waals surface area contributed by atoms with Gasteiger partial charge in [-0.05, 0) is 23.3 Å². The van der Waals surface area contributed by atoms with E-state index in [4.69, 9.17) is 17.3 Å². The number of fused-ring (bicyclic) bond motifs is 1. The van der Waals surface area contributed by atoms with E-state index in [2.05, 4.69) is 18.2 Å². The molecule has 1 aromatic carbocycles. The van der Waals surface area contributed by atoms with Gasteiger partial charge in [-0.2, -0.15) is 15.8 Å². The minimum atomic E-state index is -1.56. The van der Waals surface area contributed by atoms with Crippen molar-refractivity contribution in [1.82, 2.24) is 0 Å². The zero-order valence-corrected chi connectivity index (χ0v) is 13.5. The van der Waals surface area contributed by atoms with Gasteiger partial charge in [-0.1, -0.05) is 29.8 Å². The Bertz CT molecular complexity index is 835. The van der Waals surface area contributed by atoms with Crippen LogP contribution in [0.1, 0.15) is 11.5 Å². The fraction of sp³-hybridized carbons (Fsp3) is 0.235. The summed E-state index contributed by atoms with van der Waals surface area (Å²) < 4.78 is 0. The molecule has 0 aromatic heterocycles. The second-order valence-electron chi connectivity index (χ2n) is 5.37. The van der Waals surface area contributed by atoms with Crippen LogP contribution in [-0.2, 0) is 0 Å². The Balaban J connectivity index is 2.29. The van der Waals surface area contributed by atoms with Gasteiger partial charge in [0.25, 0.3) is 0 Å². The van der Waals surface area contributed by atoms with Crippen LogP contribution in [0.4, 0.5) is 0 Å². The van der Waals surface area contributed by atoms with Crippen LogP contribution in [0, 0.1) is 39.4 Å². The number of hydrogen-bond donors (Lipinski definition) is 1. The third-order valence-electron chi connectivity index (χ3n) is 4.33. The molecule has 2 aliphatic rings. The maximum absolute atomic E-state index is 9.78. The first-order valence-corrected chi connectivity index (χ1v) is 8.32. The maximum Gasteiger partial charge on any atom is 0.192 e. The quantitative estimate of drug-likeness (QED) is 0.847. The molecule has 1 aliphatic heterocycles. The van der Waals surface area contributed by atoms with Crippen molar-refractivity contribution in [1.29, 1.82) is 15.8 Å². The Morgan fingerprint density at radius 2 is 1.83 bits per heavy atom. The smallest absolute Gasteiger partial charge is 0.192 e. The predicted octanol–water partition coefficient (Wildman–Crippen LogP) is 3.25. The van der Waals surface area contributed by atoms with Gasteiger partial charge < -0.3 is 5.73 Å². The number of nitrogens with two attached hydrogens (primary N) is 1. The van der Waals surface area contributed by atoms with E-state index >= 15 is 0 Å². The van der Waals surface area contributed by atoms with Crippen LogP contribution in [-0.4, -0.2) is 11.0 Å². The molecular weight excluding hydrogens is 328 g/mol. The van der Waals surface area contributed by atoms with E-state index in [1.165, 1.54) is 0 Å². The summed E-state index contributed by atoms with van der Waals surface area (Å²) in [5.41, 5.74) is 6.56. The molecule has 112 valence electrons. The van der Waals surface area contributed by atoms with Crippen LogP contribution in [0.3, 0.4) is 0 Å². The van der Waals surface area contributed by atoms with Crippen LogP contribution in [0.2, 0.25) is 5.02 Å². The fourth-order valence-electron chi connectivity index (χ4n) is 3.22. The standard InChI is InChI=1S/C17H11ClN4S/c18-11-3-1-10(2-4-11)14-15-12(5-6-23-15)13(7-19)16(22)17(14,8-20)9-21/h1-5,14-15H,6,22H2. The van der Waals surface area contributed by atoms with Gasteiger partial charge in [0.1, 0.15) is 6.07 Å². The van der Waals surface area contributed by atoms with Crippen LogP contribution in [0.5, 0.6) is 0 Å². The number of rotatable bonds is 1. The molecule has 0 spiro atoms. The molecule has 0 amide bonds. The average Bonchev–Trinajstić information content (AvgIpc) is 3.04. The summed E-state index contributed by atoms with van der Waals surface area (Å²) in [5, 5.41) is 29.5. The highest BCUT2D eigenvalue weighted by Gasteiger charge is 2.54. The molecule has 3 rings (SSSR count). The van der Waals surface area contributed by atoms with Gasteiger partial charge in [0.2, 0.25) is 0 Å². The van der Waals surface area contributed by atoms with E-state index in [1.54, 1.807) is 23.9 Å². The van der Waals surface area contributed by atoms with Gasteiger partial charge in [-0.15, -0.1) is 11.8 Å². The van der Waals surface area contributed by atoms with Crippen LogP contribution in [0.25, 0.3) is 0 Å². The van der Waals surface area contributed by atoms with Crippen LogP contribution >= 0.6 is 23.4 Å². The van der Waals surface area contributed by atoms with E-state index in [0.29, 0.717) is 5.02 Å². The molecule has 4 nitrogen and oxygen atoms in total. The predicted molar refractivity (Wildman–Crippen MR) is 89.0 cm³/mol. The minimum Gasteiger partial charge on any atom is -0.399 e. The number of nitrogens with zero attached hydrogens (tertiary/aromatic N) is 3. The molecule has 0 radical (unpaired) electrons. The van der Waals surface area contributed by atoms with Gasteiger partial charge in [-0.25, -0.2) is 0 Å². The lowest BCUT2D eigenvalue weighted by Crippen LogP contribution is -2.42. The zero-order valence-electron chi connectivity index (χ0n) is 12.0. The molecule has 2 unspecified atom stereocenters. The lowest BCUT2D eigenvalue weighted by Gasteiger charge is -2.39. The average molecular weight is 339 g/mol.